The molecule has 1 aliphatic carbocycles. The van der Waals surface area contributed by atoms with Crippen LogP contribution in [0.15, 0.2) is 31.9 Å². The Balaban J connectivity index is 1.79. The van der Waals surface area contributed by atoms with Gasteiger partial charge in [-0.2, -0.15) is 0 Å². The monoisotopic (exact) mass is 308 g/mol. The van der Waals surface area contributed by atoms with Crippen molar-refractivity contribution in [1.82, 2.24) is 19.7 Å². The van der Waals surface area contributed by atoms with Crippen molar-refractivity contribution in [2.75, 3.05) is 6.61 Å². The molecule has 0 aliphatic heterocycles. The van der Waals surface area contributed by atoms with Gasteiger partial charge in [0, 0.05) is 18.4 Å². The summed E-state index contributed by atoms with van der Waals surface area (Å²) in [6.45, 7) is 1.90. The zero-order valence-corrected chi connectivity index (χ0v) is 12.0. The maximum absolute atomic E-state index is 12.2. The van der Waals surface area contributed by atoms with Crippen LogP contribution in [0.4, 0.5) is 0 Å². The normalized spacial score (nSPS) is 14.1. The van der Waals surface area contributed by atoms with Gasteiger partial charge in [0.15, 0.2) is 5.03 Å². The van der Waals surface area contributed by atoms with E-state index in [1.807, 2.05) is 0 Å². The average Bonchev–Trinajstić information content (AvgIpc) is 3.20. The SMILES string of the molecule is CCOC(=O)c1nnc(Sc2nccn(C3CC3)c2=O)o1. The van der Waals surface area contributed by atoms with E-state index in [1.165, 1.54) is 0 Å². The third kappa shape index (κ3) is 2.97. The lowest BCUT2D eigenvalue weighted by molar-refractivity contribution is 0.0475. The van der Waals surface area contributed by atoms with Gasteiger partial charge in [0.2, 0.25) is 0 Å². The highest BCUT2D eigenvalue weighted by Crippen LogP contribution is 2.33. The van der Waals surface area contributed by atoms with Gasteiger partial charge in [0.05, 0.1) is 6.61 Å². The van der Waals surface area contributed by atoms with Crippen LogP contribution in [0.5, 0.6) is 0 Å². The highest BCUT2D eigenvalue weighted by molar-refractivity contribution is 7.99. The lowest BCUT2D eigenvalue weighted by Crippen LogP contribution is -2.20. The van der Waals surface area contributed by atoms with Gasteiger partial charge < -0.3 is 13.7 Å². The predicted molar refractivity (Wildman–Crippen MR) is 71.1 cm³/mol. The third-order valence-corrected chi connectivity index (χ3v) is 3.63. The highest BCUT2D eigenvalue weighted by Gasteiger charge is 2.26. The Labute approximate surface area is 123 Å². The molecule has 2 aromatic rings. The fourth-order valence-corrected chi connectivity index (χ4v) is 2.40. The summed E-state index contributed by atoms with van der Waals surface area (Å²) < 4.78 is 11.5. The first-order valence-corrected chi connectivity index (χ1v) is 7.26. The van der Waals surface area contributed by atoms with Gasteiger partial charge in [-0.05, 0) is 31.5 Å². The molecule has 1 fully saturated rings. The van der Waals surface area contributed by atoms with Crippen LogP contribution < -0.4 is 5.56 Å². The maximum Gasteiger partial charge on any atom is 0.396 e. The molecule has 0 aromatic carbocycles. The molecule has 0 bridgehead atoms. The zero-order chi connectivity index (χ0) is 14.8. The topological polar surface area (TPSA) is 100 Å². The molecule has 9 heteroatoms. The van der Waals surface area contributed by atoms with E-state index in [2.05, 4.69) is 15.2 Å². The molecule has 0 radical (unpaired) electrons. The number of aromatic nitrogens is 4. The van der Waals surface area contributed by atoms with Gasteiger partial charge >= 0.3 is 11.9 Å². The summed E-state index contributed by atoms with van der Waals surface area (Å²) in [4.78, 5) is 27.6. The molecule has 21 heavy (non-hydrogen) atoms. The van der Waals surface area contributed by atoms with Crippen molar-refractivity contribution in [3.8, 4) is 0 Å². The van der Waals surface area contributed by atoms with E-state index in [1.54, 1.807) is 23.9 Å². The molecule has 2 aromatic heterocycles. The van der Waals surface area contributed by atoms with Crippen LogP contribution in [-0.4, -0.2) is 32.3 Å². The number of hydrogen-bond donors (Lipinski definition) is 0. The molecular weight excluding hydrogens is 296 g/mol. The minimum absolute atomic E-state index is 0.0798. The van der Waals surface area contributed by atoms with Crippen LogP contribution in [0.25, 0.3) is 0 Å². The molecule has 110 valence electrons. The molecule has 1 saturated carbocycles. The Morgan fingerprint density at radius 2 is 2.33 bits per heavy atom. The molecule has 0 saturated heterocycles. The fourth-order valence-electron chi connectivity index (χ4n) is 1.73. The van der Waals surface area contributed by atoms with E-state index in [9.17, 15) is 9.59 Å². The summed E-state index contributed by atoms with van der Waals surface area (Å²) in [5.74, 6) is -0.925. The van der Waals surface area contributed by atoms with Crippen molar-refractivity contribution in [2.45, 2.75) is 36.1 Å². The average molecular weight is 308 g/mol. The number of hydrogen-bond acceptors (Lipinski definition) is 8. The molecular formula is C12H12N4O4S. The molecule has 2 heterocycles. The fraction of sp³-hybridized carbons (Fsp3) is 0.417. The first-order valence-electron chi connectivity index (χ1n) is 6.44. The van der Waals surface area contributed by atoms with Crippen LogP contribution >= 0.6 is 11.8 Å². The van der Waals surface area contributed by atoms with Crippen molar-refractivity contribution >= 4 is 17.7 Å². The largest absolute Gasteiger partial charge is 0.459 e. The van der Waals surface area contributed by atoms with E-state index < -0.39 is 5.97 Å². The van der Waals surface area contributed by atoms with E-state index in [-0.39, 0.29) is 34.3 Å². The predicted octanol–water partition coefficient (Wildman–Crippen LogP) is 1.29. The van der Waals surface area contributed by atoms with E-state index in [4.69, 9.17) is 9.15 Å². The van der Waals surface area contributed by atoms with Crippen molar-refractivity contribution in [1.29, 1.82) is 0 Å². The quantitative estimate of drug-likeness (QED) is 0.762. The molecule has 0 unspecified atom stereocenters. The minimum Gasteiger partial charge on any atom is -0.459 e. The summed E-state index contributed by atoms with van der Waals surface area (Å²) in [5.41, 5.74) is -0.194. The zero-order valence-electron chi connectivity index (χ0n) is 11.2. The standard InChI is InChI=1S/C12H12N4O4S/c1-2-19-11(18)8-14-15-12(20-8)21-9-10(17)16(6-5-13-9)7-3-4-7/h5-7H,2-4H2,1H3. The van der Waals surface area contributed by atoms with E-state index >= 15 is 0 Å². The molecule has 0 atom stereocenters. The lowest BCUT2D eigenvalue weighted by atomic mass is 10.6. The number of esters is 1. The van der Waals surface area contributed by atoms with Gasteiger partial charge in [-0.1, -0.05) is 5.10 Å². The van der Waals surface area contributed by atoms with E-state index in [0.29, 0.717) is 0 Å². The Kier molecular flexibility index (Phi) is 3.74. The van der Waals surface area contributed by atoms with Crippen LogP contribution in [0.2, 0.25) is 0 Å². The van der Waals surface area contributed by atoms with Crippen molar-refractivity contribution in [2.24, 2.45) is 0 Å². The Bertz CT molecular complexity index is 722. The van der Waals surface area contributed by atoms with Crippen molar-refractivity contribution in [3.63, 3.8) is 0 Å². The first kappa shape index (κ1) is 13.8. The Hall–Kier alpha value is -2.16. The molecule has 1 aliphatic rings. The van der Waals surface area contributed by atoms with Crippen molar-refractivity contribution in [3.05, 3.63) is 28.6 Å². The number of nitrogens with zero attached hydrogens (tertiary/aromatic N) is 4. The summed E-state index contributed by atoms with van der Waals surface area (Å²) >= 11 is 0.937. The third-order valence-electron chi connectivity index (χ3n) is 2.82. The Morgan fingerprint density at radius 3 is 3.05 bits per heavy atom. The van der Waals surface area contributed by atoms with E-state index in [0.717, 1.165) is 24.6 Å². The minimum atomic E-state index is -0.687. The van der Waals surface area contributed by atoms with Crippen LogP contribution in [0.1, 0.15) is 36.5 Å². The summed E-state index contributed by atoms with van der Waals surface area (Å²) in [5, 5.41) is 7.60. The molecule has 0 spiro atoms. The molecule has 8 nitrogen and oxygen atoms in total. The van der Waals surface area contributed by atoms with Gasteiger partial charge in [-0.25, -0.2) is 9.78 Å². The van der Waals surface area contributed by atoms with Crippen LogP contribution in [0, 0.1) is 0 Å². The second kappa shape index (κ2) is 5.68. The second-order valence-electron chi connectivity index (χ2n) is 4.37. The van der Waals surface area contributed by atoms with Crippen LogP contribution in [0.3, 0.4) is 0 Å². The first-order chi connectivity index (χ1) is 10.2. The van der Waals surface area contributed by atoms with Crippen LogP contribution in [-0.2, 0) is 4.74 Å². The number of rotatable bonds is 5. The number of ether oxygens (including phenoxy) is 1. The highest BCUT2D eigenvalue weighted by atomic mass is 32.2. The van der Waals surface area contributed by atoms with Gasteiger partial charge in [-0.3, -0.25) is 4.79 Å². The smallest absolute Gasteiger partial charge is 0.396 e. The summed E-state index contributed by atoms with van der Waals surface area (Å²) in [7, 11) is 0. The Morgan fingerprint density at radius 1 is 1.52 bits per heavy atom. The number of carbonyl (C=O) groups excluding carboxylic acids is 1. The van der Waals surface area contributed by atoms with Gasteiger partial charge in [0.25, 0.3) is 10.8 Å². The lowest BCUT2D eigenvalue weighted by Gasteiger charge is -2.03. The van der Waals surface area contributed by atoms with Gasteiger partial charge in [0.1, 0.15) is 0 Å². The molecule has 0 amide bonds. The second-order valence-corrected chi connectivity index (χ2v) is 5.31. The maximum atomic E-state index is 12.2. The van der Waals surface area contributed by atoms with Gasteiger partial charge in [-0.15, -0.1) is 5.10 Å². The number of carbonyl (C=O) groups is 1. The molecule has 0 N–H and O–H groups in total. The van der Waals surface area contributed by atoms with Crippen molar-refractivity contribution < 1.29 is 13.9 Å². The summed E-state index contributed by atoms with van der Waals surface area (Å²) in [6.07, 6.45) is 5.23. The summed E-state index contributed by atoms with van der Waals surface area (Å²) in [6, 6.07) is 0.262. The molecule has 3 rings (SSSR count).